The fourth-order valence-corrected chi connectivity index (χ4v) is 5.11. The van der Waals surface area contributed by atoms with Crippen LogP contribution in [0.5, 0.6) is 0 Å². The molecule has 3 N–H and O–H groups in total. The summed E-state index contributed by atoms with van der Waals surface area (Å²) in [5.41, 5.74) is 0.797. The maximum Gasteiger partial charge on any atom is 0.308 e. The molecule has 2 heterocycles. The van der Waals surface area contributed by atoms with Gasteiger partial charge in [-0.2, -0.15) is 0 Å². The highest BCUT2D eigenvalue weighted by Gasteiger charge is 2.33. The predicted molar refractivity (Wildman–Crippen MR) is 145 cm³/mol. The maximum atomic E-state index is 12.0. The molecule has 0 spiro atoms. The van der Waals surface area contributed by atoms with E-state index in [1.165, 1.54) is 6.08 Å². The smallest absolute Gasteiger partial charge is 0.308 e. The molecule has 8 unspecified atom stereocenters. The van der Waals surface area contributed by atoms with Gasteiger partial charge in [-0.15, -0.1) is 0 Å². The molecule has 8 heteroatoms. The summed E-state index contributed by atoms with van der Waals surface area (Å²) < 4.78 is 17.2. The fraction of sp³-hybridized carbons (Fsp3) is 0.667. The van der Waals surface area contributed by atoms with Crippen LogP contribution in [0.2, 0.25) is 0 Å². The molecule has 214 valence electrons. The average Bonchev–Trinajstić information content (AvgIpc) is 3.18. The third kappa shape index (κ3) is 8.63. The minimum Gasteiger partial charge on any atom is -0.481 e. The molecule has 0 saturated heterocycles. The van der Waals surface area contributed by atoms with Gasteiger partial charge >= 0.3 is 5.97 Å². The zero-order valence-electron chi connectivity index (χ0n) is 24.1. The van der Waals surface area contributed by atoms with Crippen molar-refractivity contribution in [2.75, 3.05) is 7.11 Å². The van der Waals surface area contributed by atoms with Crippen molar-refractivity contribution in [1.82, 2.24) is 0 Å². The van der Waals surface area contributed by atoms with E-state index in [4.69, 9.17) is 14.2 Å². The lowest BCUT2D eigenvalue weighted by Crippen LogP contribution is -2.37. The number of aliphatic hydroxyl groups is 2. The van der Waals surface area contributed by atoms with Crippen LogP contribution in [0.4, 0.5) is 0 Å². The molecule has 0 fully saturated rings. The van der Waals surface area contributed by atoms with Crippen LogP contribution in [-0.4, -0.2) is 64.2 Å². The van der Waals surface area contributed by atoms with Gasteiger partial charge in [-0.25, -0.2) is 0 Å². The van der Waals surface area contributed by atoms with E-state index in [9.17, 15) is 24.9 Å². The Bertz CT molecular complexity index is 973. The Morgan fingerprint density at radius 3 is 2.50 bits per heavy atom. The highest BCUT2D eigenvalue weighted by Crippen LogP contribution is 2.32. The second kappa shape index (κ2) is 13.7. The van der Waals surface area contributed by atoms with Gasteiger partial charge in [0.2, 0.25) is 5.78 Å². The lowest BCUT2D eigenvalue weighted by Gasteiger charge is -2.34. The number of ketones is 1. The fourth-order valence-electron chi connectivity index (χ4n) is 5.11. The van der Waals surface area contributed by atoms with Crippen molar-refractivity contribution < 1.29 is 39.1 Å². The molecule has 0 bridgehead atoms. The van der Waals surface area contributed by atoms with Gasteiger partial charge in [0.15, 0.2) is 5.76 Å². The first-order valence-electron chi connectivity index (χ1n) is 13.5. The van der Waals surface area contributed by atoms with Crippen molar-refractivity contribution in [2.24, 2.45) is 17.8 Å². The summed E-state index contributed by atoms with van der Waals surface area (Å²) in [4.78, 5) is 23.5. The standard InChI is InChI=1S/C30H46O8/c1-9-22-14-25(38-26(15-22)21(6)29(33)34)18(3)16-30(7,35)11-10-24(36-8)20(5)28(32)17(2)12-27-23(31)13-19(4)37-27/h12-14,16-17,20-21,24-26,28,32,35H,9-11,15H2,1-8H3,(H,33,34). The molecule has 8 nitrogen and oxygen atoms in total. The molecule has 0 aromatic heterocycles. The van der Waals surface area contributed by atoms with Gasteiger partial charge < -0.3 is 29.5 Å². The molecule has 0 aliphatic carbocycles. The predicted octanol–water partition coefficient (Wildman–Crippen LogP) is 4.71. The Hall–Kier alpha value is -2.26. The van der Waals surface area contributed by atoms with Crippen LogP contribution in [0.3, 0.4) is 0 Å². The van der Waals surface area contributed by atoms with E-state index in [0.29, 0.717) is 25.0 Å². The van der Waals surface area contributed by atoms with E-state index in [1.54, 1.807) is 40.0 Å². The number of carboxylic acid groups (broad SMARTS) is 1. The first-order valence-corrected chi connectivity index (χ1v) is 13.5. The molecule has 0 amide bonds. The number of rotatable bonds is 13. The van der Waals surface area contributed by atoms with Crippen molar-refractivity contribution in [3.8, 4) is 0 Å². The molecule has 8 atom stereocenters. The van der Waals surface area contributed by atoms with Gasteiger partial charge in [0, 0.05) is 25.0 Å². The molecular formula is C30H46O8. The van der Waals surface area contributed by atoms with Gasteiger partial charge in [-0.1, -0.05) is 38.5 Å². The van der Waals surface area contributed by atoms with Crippen LogP contribution in [0.25, 0.3) is 0 Å². The molecule has 0 aromatic carbocycles. The Balaban J connectivity index is 2.05. The largest absolute Gasteiger partial charge is 0.481 e. The molecular weight excluding hydrogens is 488 g/mol. The van der Waals surface area contributed by atoms with Gasteiger partial charge in [-0.3, -0.25) is 9.59 Å². The van der Waals surface area contributed by atoms with Crippen LogP contribution >= 0.6 is 0 Å². The highest BCUT2D eigenvalue weighted by molar-refractivity contribution is 6.04. The quantitative estimate of drug-likeness (QED) is 0.229. The van der Waals surface area contributed by atoms with E-state index in [0.717, 1.165) is 17.6 Å². The first kappa shape index (κ1) is 32.0. The number of carboxylic acids is 1. The third-order valence-corrected chi connectivity index (χ3v) is 7.72. The minimum absolute atomic E-state index is 0.206. The minimum atomic E-state index is -1.17. The van der Waals surface area contributed by atoms with E-state index in [-0.39, 0.29) is 29.5 Å². The van der Waals surface area contributed by atoms with E-state index in [2.05, 4.69) is 0 Å². The number of aliphatic hydroxyl groups excluding tert-OH is 1. The summed E-state index contributed by atoms with van der Waals surface area (Å²) in [5.74, 6) is -1.58. The van der Waals surface area contributed by atoms with Crippen LogP contribution in [0, 0.1) is 17.8 Å². The van der Waals surface area contributed by atoms with E-state index >= 15 is 0 Å². The van der Waals surface area contributed by atoms with Crippen molar-refractivity contribution in [2.45, 2.75) is 104 Å². The van der Waals surface area contributed by atoms with Crippen molar-refractivity contribution >= 4 is 11.8 Å². The van der Waals surface area contributed by atoms with Crippen molar-refractivity contribution in [3.63, 3.8) is 0 Å². The molecule has 38 heavy (non-hydrogen) atoms. The van der Waals surface area contributed by atoms with E-state index < -0.39 is 35.8 Å². The van der Waals surface area contributed by atoms with Crippen LogP contribution in [-0.2, 0) is 23.8 Å². The number of methoxy groups -OCH3 is 1. The van der Waals surface area contributed by atoms with E-state index in [1.807, 2.05) is 33.8 Å². The summed E-state index contributed by atoms with van der Waals surface area (Å²) >= 11 is 0. The lowest BCUT2D eigenvalue weighted by atomic mass is 9.84. The Labute approximate surface area is 227 Å². The van der Waals surface area contributed by atoms with Crippen molar-refractivity contribution in [1.29, 1.82) is 0 Å². The zero-order chi connectivity index (χ0) is 28.8. The highest BCUT2D eigenvalue weighted by atomic mass is 16.5. The number of hydrogen-bond donors (Lipinski definition) is 3. The lowest BCUT2D eigenvalue weighted by molar-refractivity contribution is -0.147. The van der Waals surface area contributed by atoms with Crippen LogP contribution < -0.4 is 0 Å². The number of carbonyl (C=O) groups excluding carboxylic acids is 1. The number of allylic oxidation sites excluding steroid dienone is 2. The molecule has 2 aliphatic rings. The third-order valence-electron chi connectivity index (χ3n) is 7.72. The number of hydrogen-bond acceptors (Lipinski definition) is 7. The summed E-state index contributed by atoms with van der Waals surface area (Å²) in [6.45, 7) is 12.7. The number of carbonyl (C=O) groups is 2. The zero-order valence-corrected chi connectivity index (χ0v) is 24.1. The summed E-state index contributed by atoms with van der Waals surface area (Å²) in [6.07, 6.45) is 7.20. The maximum absolute atomic E-state index is 12.0. The van der Waals surface area contributed by atoms with Crippen molar-refractivity contribution in [3.05, 3.63) is 47.0 Å². The molecule has 0 aromatic rings. The molecule has 0 radical (unpaired) electrons. The summed E-state index contributed by atoms with van der Waals surface area (Å²) in [5, 5.41) is 31.6. The SMILES string of the molecule is CCC1=CC(C(C)=CC(C)(O)CCC(OC)C(C)C(O)C(C)C=C2OC(C)=CC2=O)OC(C(C)C(=O)O)C1. The van der Waals surface area contributed by atoms with Gasteiger partial charge in [0.05, 0.1) is 35.9 Å². The van der Waals surface area contributed by atoms with Gasteiger partial charge in [0.1, 0.15) is 5.76 Å². The molecule has 2 rings (SSSR count). The molecule has 0 saturated carbocycles. The number of ether oxygens (including phenoxy) is 3. The second-order valence-corrected chi connectivity index (χ2v) is 11.1. The monoisotopic (exact) mass is 534 g/mol. The molecule has 2 aliphatic heterocycles. The van der Waals surface area contributed by atoms with Gasteiger partial charge in [-0.05, 0) is 65.0 Å². The van der Waals surface area contributed by atoms with Gasteiger partial charge in [0.25, 0.3) is 0 Å². The summed E-state index contributed by atoms with van der Waals surface area (Å²) in [7, 11) is 1.58. The Kier molecular flexibility index (Phi) is 11.5. The first-order chi connectivity index (χ1) is 17.7. The van der Waals surface area contributed by atoms with Crippen LogP contribution in [0.15, 0.2) is 47.0 Å². The normalized spacial score (nSPS) is 27.1. The van der Waals surface area contributed by atoms with Crippen LogP contribution in [0.1, 0.15) is 74.1 Å². The Morgan fingerprint density at radius 2 is 1.97 bits per heavy atom. The average molecular weight is 535 g/mol. The Morgan fingerprint density at radius 1 is 1.32 bits per heavy atom. The topological polar surface area (TPSA) is 123 Å². The number of aliphatic carboxylic acids is 1. The summed E-state index contributed by atoms with van der Waals surface area (Å²) in [6, 6.07) is 0. The second-order valence-electron chi connectivity index (χ2n) is 11.1.